The van der Waals surface area contributed by atoms with Crippen molar-refractivity contribution in [2.45, 2.75) is 6.61 Å². The number of carbonyl (C=O) groups is 1. The van der Waals surface area contributed by atoms with Crippen molar-refractivity contribution < 1.29 is 19.2 Å². The number of nitrogens with one attached hydrogen (secondary N) is 1. The highest BCUT2D eigenvalue weighted by molar-refractivity contribution is 7.15. The molecule has 3 aromatic rings. The van der Waals surface area contributed by atoms with E-state index in [-0.39, 0.29) is 23.8 Å². The number of aromatic nitrogens is 1. The number of halogens is 1. The van der Waals surface area contributed by atoms with Crippen LogP contribution in [0, 0.1) is 10.1 Å². The number of methoxy groups -OCH3 is 1. The zero-order chi connectivity index (χ0) is 21.5. The third-order valence-electron chi connectivity index (χ3n) is 3.77. The smallest absolute Gasteiger partial charge is 0.315 e. The zero-order valence-corrected chi connectivity index (χ0v) is 17.1. The second-order valence-corrected chi connectivity index (χ2v) is 7.46. The molecule has 11 heteroatoms. The van der Waals surface area contributed by atoms with Gasteiger partial charge in [-0.05, 0) is 18.2 Å². The van der Waals surface area contributed by atoms with Crippen LogP contribution in [0.15, 0.2) is 53.8 Å². The second kappa shape index (κ2) is 9.81. The average Bonchev–Trinajstić information content (AvgIpc) is 3.17. The largest absolute Gasteiger partial charge is 0.493 e. The number of amides is 1. The van der Waals surface area contributed by atoms with Crippen molar-refractivity contribution in [1.82, 2.24) is 10.4 Å². The summed E-state index contributed by atoms with van der Waals surface area (Å²) in [4.78, 5) is 27.6. The van der Waals surface area contributed by atoms with Gasteiger partial charge < -0.3 is 9.47 Å². The van der Waals surface area contributed by atoms with Crippen LogP contribution < -0.4 is 14.9 Å². The molecule has 154 valence electrons. The molecule has 0 unspecified atom stereocenters. The number of hydrazone groups is 1. The molecule has 1 amide bonds. The summed E-state index contributed by atoms with van der Waals surface area (Å²) in [5.74, 6) is -0.287. The van der Waals surface area contributed by atoms with E-state index < -0.39 is 10.8 Å². The standard InChI is InChI=1S/C19H15ClN4O5S/c1-28-16-8-12(9-22-23-18(25)13-5-3-2-4-6-13)7-15(24(26)27)17(16)29-11-14-10-21-19(20)30-14/h2-10H,11H2,1H3,(H,23,25)/b22-9+. The molecule has 0 radical (unpaired) electrons. The normalized spacial score (nSPS) is 10.7. The molecule has 0 atom stereocenters. The SMILES string of the molecule is COc1cc(/C=N/NC(=O)c2ccccc2)cc([N+](=O)[O-])c1OCc1cnc(Cl)s1. The molecule has 1 heterocycles. The molecular formula is C19H15ClN4O5S. The molecule has 0 aliphatic carbocycles. The fraction of sp³-hybridized carbons (Fsp3) is 0.105. The Balaban J connectivity index is 1.79. The van der Waals surface area contributed by atoms with E-state index in [1.165, 1.54) is 43.0 Å². The summed E-state index contributed by atoms with van der Waals surface area (Å²) < 4.78 is 11.2. The van der Waals surface area contributed by atoms with E-state index in [9.17, 15) is 14.9 Å². The quantitative estimate of drug-likeness (QED) is 0.317. The summed E-state index contributed by atoms with van der Waals surface area (Å²) in [6, 6.07) is 11.3. The second-order valence-electron chi connectivity index (χ2n) is 5.76. The van der Waals surface area contributed by atoms with Gasteiger partial charge in [0.1, 0.15) is 6.61 Å². The molecule has 1 N–H and O–H groups in total. The van der Waals surface area contributed by atoms with Crippen molar-refractivity contribution in [3.05, 3.63) is 79.2 Å². The van der Waals surface area contributed by atoms with Crippen molar-refractivity contribution in [3.63, 3.8) is 0 Å². The summed E-state index contributed by atoms with van der Waals surface area (Å²) in [6.45, 7) is 0.0438. The van der Waals surface area contributed by atoms with Crippen LogP contribution in [0.3, 0.4) is 0 Å². The lowest BCUT2D eigenvalue weighted by molar-refractivity contribution is -0.386. The van der Waals surface area contributed by atoms with Gasteiger partial charge in [-0.3, -0.25) is 14.9 Å². The van der Waals surface area contributed by atoms with Crippen molar-refractivity contribution in [2.75, 3.05) is 7.11 Å². The molecule has 0 saturated carbocycles. The van der Waals surface area contributed by atoms with E-state index in [0.29, 0.717) is 20.5 Å². The lowest BCUT2D eigenvalue weighted by Gasteiger charge is -2.11. The molecule has 0 saturated heterocycles. The van der Waals surface area contributed by atoms with Gasteiger partial charge in [0.2, 0.25) is 5.75 Å². The number of benzene rings is 2. The first-order valence-electron chi connectivity index (χ1n) is 8.46. The molecule has 2 aromatic carbocycles. The predicted molar refractivity (Wildman–Crippen MR) is 113 cm³/mol. The average molecular weight is 447 g/mol. The zero-order valence-electron chi connectivity index (χ0n) is 15.6. The van der Waals surface area contributed by atoms with Crippen LogP contribution in [0.1, 0.15) is 20.8 Å². The molecule has 0 aliphatic rings. The molecule has 0 spiro atoms. The maximum Gasteiger partial charge on any atom is 0.315 e. The Morgan fingerprint density at radius 3 is 2.77 bits per heavy atom. The maximum absolute atomic E-state index is 12.0. The number of nitrogens with zero attached hydrogens (tertiary/aromatic N) is 3. The van der Waals surface area contributed by atoms with Crippen LogP contribution in [0.5, 0.6) is 11.5 Å². The first-order valence-corrected chi connectivity index (χ1v) is 9.65. The molecule has 0 fully saturated rings. The van der Waals surface area contributed by atoms with Gasteiger partial charge in [0.05, 0.1) is 23.1 Å². The number of nitro benzene ring substituents is 1. The van der Waals surface area contributed by atoms with Crippen molar-refractivity contribution in [2.24, 2.45) is 5.10 Å². The minimum atomic E-state index is -0.586. The Bertz CT molecular complexity index is 1090. The molecule has 1 aromatic heterocycles. The molecule has 0 aliphatic heterocycles. The van der Waals surface area contributed by atoms with Gasteiger partial charge in [0, 0.05) is 23.4 Å². The van der Waals surface area contributed by atoms with Crippen LogP contribution in [0.4, 0.5) is 5.69 Å². The van der Waals surface area contributed by atoms with Gasteiger partial charge >= 0.3 is 5.69 Å². The van der Waals surface area contributed by atoms with E-state index in [1.807, 2.05) is 0 Å². The van der Waals surface area contributed by atoms with Gasteiger partial charge in [0.15, 0.2) is 10.2 Å². The number of hydrogen-bond acceptors (Lipinski definition) is 8. The Labute approximate surface area is 180 Å². The van der Waals surface area contributed by atoms with Gasteiger partial charge in [-0.25, -0.2) is 10.4 Å². The van der Waals surface area contributed by atoms with E-state index >= 15 is 0 Å². The summed E-state index contributed by atoms with van der Waals surface area (Å²) in [5, 5.41) is 15.4. The van der Waals surface area contributed by atoms with E-state index in [4.69, 9.17) is 21.1 Å². The number of nitro groups is 1. The fourth-order valence-electron chi connectivity index (χ4n) is 2.43. The summed E-state index contributed by atoms with van der Waals surface area (Å²) in [5.41, 5.74) is 2.85. The van der Waals surface area contributed by atoms with Crippen LogP contribution in [0.2, 0.25) is 4.47 Å². The molecule has 3 rings (SSSR count). The first kappa shape index (κ1) is 21.2. The third kappa shape index (κ3) is 5.31. The topological polar surface area (TPSA) is 116 Å². The van der Waals surface area contributed by atoms with Crippen LogP contribution in [-0.2, 0) is 6.61 Å². The maximum atomic E-state index is 12.0. The van der Waals surface area contributed by atoms with Gasteiger partial charge in [-0.15, -0.1) is 11.3 Å². The highest BCUT2D eigenvalue weighted by atomic mass is 35.5. The van der Waals surface area contributed by atoms with Crippen LogP contribution in [0.25, 0.3) is 0 Å². The number of thiazole rings is 1. The summed E-state index contributed by atoms with van der Waals surface area (Å²) in [6.07, 6.45) is 2.81. The Hall–Kier alpha value is -3.50. The lowest BCUT2D eigenvalue weighted by atomic mass is 10.2. The van der Waals surface area contributed by atoms with Crippen molar-refractivity contribution in [1.29, 1.82) is 0 Å². The summed E-state index contributed by atoms with van der Waals surface area (Å²) >= 11 is 6.99. The fourth-order valence-corrected chi connectivity index (χ4v) is 3.32. The van der Waals surface area contributed by atoms with Gasteiger partial charge in [-0.1, -0.05) is 29.8 Å². The highest BCUT2D eigenvalue weighted by Crippen LogP contribution is 2.38. The molecule has 0 bridgehead atoms. The summed E-state index contributed by atoms with van der Waals surface area (Å²) in [7, 11) is 1.37. The van der Waals surface area contributed by atoms with E-state index in [2.05, 4.69) is 15.5 Å². The molecule has 30 heavy (non-hydrogen) atoms. The Morgan fingerprint density at radius 2 is 2.13 bits per heavy atom. The number of carbonyl (C=O) groups excluding carboxylic acids is 1. The number of rotatable bonds is 8. The number of ether oxygens (including phenoxy) is 2. The number of hydrogen-bond donors (Lipinski definition) is 1. The molecular weight excluding hydrogens is 432 g/mol. The third-order valence-corrected chi connectivity index (χ3v) is 4.86. The Kier molecular flexibility index (Phi) is 6.94. The van der Waals surface area contributed by atoms with Crippen molar-refractivity contribution in [3.8, 4) is 11.5 Å². The first-order chi connectivity index (χ1) is 14.5. The minimum absolute atomic E-state index is 0.0301. The highest BCUT2D eigenvalue weighted by Gasteiger charge is 2.22. The predicted octanol–water partition coefficient (Wildman–Crippen LogP) is 4.06. The van der Waals surface area contributed by atoms with Crippen LogP contribution >= 0.6 is 22.9 Å². The molecule has 9 nitrogen and oxygen atoms in total. The van der Waals surface area contributed by atoms with Gasteiger partial charge in [0.25, 0.3) is 5.91 Å². The Morgan fingerprint density at radius 1 is 1.37 bits per heavy atom. The minimum Gasteiger partial charge on any atom is -0.493 e. The van der Waals surface area contributed by atoms with Gasteiger partial charge in [-0.2, -0.15) is 5.10 Å². The monoisotopic (exact) mass is 446 g/mol. The van der Waals surface area contributed by atoms with E-state index in [0.717, 1.165) is 0 Å². The lowest BCUT2D eigenvalue weighted by Crippen LogP contribution is -2.17. The van der Waals surface area contributed by atoms with Crippen LogP contribution in [-0.4, -0.2) is 29.1 Å². The van der Waals surface area contributed by atoms with Crippen molar-refractivity contribution >= 4 is 40.7 Å². The van der Waals surface area contributed by atoms with E-state index in [1.54, 1.807) is 30.3 Å².